The predicted octanol–water partition coefficient (Wildman–Crippen LogP) is 3.53. The van der Waals surface area contributed by atoms with E-state index in [1.54, 1.807) is 6.07 Å². The van der Waals surface area contributed by atoms with Crippen LogP contribution in [0.3, 0.4) is 0 Å². The number of benzene rings is 1. The zero-order chi connectivity index (χ0) is 15.4. The number of nitrogens with one attached hydrogen (secondary N) is 2. The zero-order valence-electron chi connectivity index (χ0n) is 12.0. The molecule has 0 saturated heterocycles. The first-order valence-electron chi connectivity index (χ1n) is 6.39. The molecule has 1 aromatic heterocycles. The molecular weight excluding hydrogens is 356 g/mol. The number of aromatic nitrogens is 3. The molecule has 0 saturated carbocycles. The molecule has 0 aliphatic carbocycles. The van der Waals surface area contributed by atoms with Gasteiger partial charge in [-0.2, -0.15) is 15.0 Å². The van der Waals surface area contributed by atoms with Crippen molar-refractivity contribution in [1.29, 1.82) is 0 Å². The van der Waals surface area contributed by atoms with Crippen LogP contribution in [-0.4, -0.2) is 35.6 Å². The molecule has 0 bridgehead atoms. The molecule has 0 aliphatic rings. The zero-order valence-corrected chi connectivity index (χ0v) is 14.3. The second-order valence-corrected chi connectivity index (χ2v) is 5.63. The lowest BCUT2D eigenvalue weighted by Crippen LogP contribution is -2.16. The number of nitrogens with zero attached hydrogens (tertiary/aromatic N) is 4. The summed E-state index contributed by atoms with van der Waals surface area (Å²) in [6, 6.07) is 5.55. The van der Waals surface area contributed by atoms with Crippen LogP contribution in [0.1, 0.15) is 6.92 Å². The molecule has 0 unspecified atom stereocenters. The molecule has 0 atom stereocenters. The van der Waals surface area contributed by atoms with Crippen molar-refractivity contribution in [1.82, 2.24) is 15.0 Å². The maximum atomic E-state index is 6.08. The van der Waals surface area contributed by atoms with Gasteiger partial charge in [0.2, 0.25) is 17.8 Å². The minimum atomic E-state index is 0.451. The Morgan fingerprint density at radius 3 is 2.57 bits per heavy atom. The van der Waals surface area contributed by atoms with E-state index in [4.69, 9.17) is 11.6 Å². The Morgan fingerprint density at radius 1 is 1.19 bits per heavy atom. The predicted molar refractivity (Wildman–Crippen MR) is 90.8 cm³/mol. The average molecular weight is 372 g/mol. The maximum Gasteiger partial charge on any atom is 0.233 e. The fraction of sp³-hybridized carbons (Fsp3) is 0.308. The highest BCUT2D eigenvalue weighted by atomic mass is 79.9. The molecule has 0 aliphatic heterocycles. The van der Waals surface area contributed by atoms with E-state index >= 15 is 0 Å². The topological polar surface area (TPSA) is 66.0 Å². The van der Waals surface area contributed by atoms with Crippen molar-refractivity contribution in [3.63, 3.8) is 0 Å². The second kappa shape index (κ2) is 6.91. The van der Waals surface area contributed by atoms with Crippen LogP contribution in [0.5, 0.6) is 0 Å². The minimum absolute atomic E-state index is 0.451. The first-order chi connectivity index (χ1) is 10.0. The number of halogens is 2. The van der Waals surface area contributed by atoms with Crippen LogP contribution >= 0.6 is 27.5 Å². The molecule has 0 fully saturated rings. The fourth-order valence-corrected chi connectivity index (χ4v) is 2.12. The van der Waals surface area contributed by atoms with Gasteiger partial charge in [0.25, 0.3) is 0 Å². The number of anilines is 4. The first kappa shape index (κ1) is 15.8. The molecule has 1 heterocycles. The van der Waals surface area contributed by atoms with Gasteiger partial charge in [-0.05, 0) is 35.0 Å². The lowest BCUT2D eigenvalue weighted by atomic mass is 10.3. The van der Waals surface area contributed by atoms with Gasteiger partial charge in [0, 0.05) is 20.6 Å². The molecule has 2 N–H and O–H groups in total. The minimum Gasteiger partial charge on any atom is -0.354 e. The molecule has 0 spiro atoms. The molecule has 0 amide bonds. The monoisotopic (exact) mass is 370 g/mol. The largest absolute Gasteiger partial charge is 0.354 e. The van der Waals surface area contributed by atoms with E-state index in [0.717, 1.165) is 16.7 Å². The van der Waals surface area contributed by atoms with Crippen molar-refractivity contribution in [3.05, 3.63) is 27.7 Å². The standard InChI is InChI=1S/C13H16BrClN6/c1-4-16-11-18-12(20-13(19-11)21(2)3)17-9-7-5-6-8(15)10(9)14/h5-7H,4H2,1-3H3,(H2,16,17,18,19,20). The van der Waals surface area contributed by atoms with E-state index in [9.17, 15) is 0 Å². The lowest BCUT2D eigenvalue weighted by molar-refractivity contribution is 0.953. The number of rotatable bonds is 5. The highest BCUT2D eigenvalue weighted by Crippen LogP contribution is 2.31. The molecule has 8 heteroatoms. The van der Waals surface area contributed by atoms with E-state index in [0.29, 0.717) is 22.9 Å². The fourth-order valence-electron chi connectivity index (χ4n) is 1.58. The van der Waals surface area contributed by atoms with E-state index < -0.39 is 0 Å². The van der Waals surface area contributed by atoms with Crippen molar-refractivity contribution in [3.8, 4) is 0 Å². The summed E-state index contributed by atoms with van der Waals surface area (Å²) < 4.78 is 0.767. The van der Waals surface area contributed by atoms with Crippen LogP contribution in [0.2, 0.25) is 5.02 Å². The van der Waals surface area contributed by atoms with Gasteiger partial charge in [0.1, 0.15) is 0 Å². The second-order valence-electron chi connectivity index (χ2n) is 4.43. The van der Waals surface area contributed by atoms with Gasteiger partial charge in [0.05, 0.1) is 15.2 Å². The Kier molecular flexibility index (Phi) is 5.19. The van der Waals surface area contributed by atoms with Crippen molar-refractivity contribution < 1.29 is 0 Å². The van der Waals surface area contributed by atoms with Gasteiger partial charge in [-0.25, -0.2) is 0 Å². The molecule has 2 rings (SSSR count). The molecular formula is C13H16BrClN6. The third-order valence-corrected chi connectivity index (χ3v) is 3.95. The summed E-state index contributed by atoms with van der Waals surface area (Å²) in [4.78, 5) is 14.8. The van der Waals surface area contributed by atoms with Gasteiger partial charge in [-0.1, -0.05) is 17.7 Å². The molecule has 0 radical (unpaired) electrons. The smallest absolute Gasteiger partial charge is 0.233 e. The summed E-state index contributed by atoms with van der Waals surface area (Å²) in [5.74, 6) is 1.55. The van der Waals surface area contributed by atoms with Gasteiger partial charge in [-0.15, -0.1) is 0 Å². The van der Waals surface area contributed by atoms with Crippen molar-refractivity contribution in [2.45, 2.75) is 6.92 Å². The van der Waals surface area contributed by atoms with E-state index in [1.807, 2.05) is 38.1 Å². The van der Waals surface area contributed by atoms with Crippen molar-refractivity contribution in [2.24, 2.45) is 0 Å². The van der Waals surface area contributed by atoms with Crippen LogP contribution in [0.15, 0.2) is 22.7 Å². The normalized spacial score (nSPS) is 10.3. The van der Waals surface area contributed by atoms with Gasteiger partial charge in [0.15, 0.2) is 0 Å². The number of hydrogen-bond acceptors (Lipinski definition) is 6. The summed E-state index contributed by atoms with van der Waals surface area (Å²) >= 11 is 9.52. The molecule has 1 aromatic carbocycles. The lowest BCUT2D eigenvalue weighted by Gasteiger charge is -2.14. The van der Waals surface area contributed by atoms with Crippen LogP contribution in [0.4, 0.5) is 23.5 Å². The Morgan fingerprint density at radius 2 is 1.90 bits per heavy atom. The summed E-state index contributed by atoms with van der Waals surface area (Å²) in [6.45, 7) is 2.72. The van der Waals surface area contributed by atoms with Gasteiger partial charge in [-0.3, -0.25) is 0 Å². The van der Waals surface area contributed by atoms with E-state index in [-0.39, 0.29) is 0 Å². The Bertz CT molecular complexity index is 634. The third-order valence-electron chi connectivity index (χ3n) is 2.56. The highest BCUT2D eigenvalue weighted by molar-refractivity contribution is 9.10. The third kappa shape index (κ3) is 3.95. The van der Waals surface area contributed by atoms with Crippen molar-refractivity contribution in [2.75, 3.05) is 36.2 Å². The van der Waals surface area contributed by atoms with Crippen LogP contribution in [0, 0.1) is 0 Å². The van der Waals surface area contributed by atoms with Crippen LogP contribution in [0.25, 0.3) is 0 Å². The Balaban J connectivity index is 2.36. The summed E-state index contributed by atoms with van der Waals surface area (Å²) in [6.07, 6.45) is 0. The van der Waals surface area contributed by atoms with Crippen LogP contribution < -0.4 is 15.5 Å². The molecule has 6 nitrogen and oxygen atoms in total. The molecule has 21 heavy (non-hydrogen) atoms. The highest BCUT2D eigenvalue weighted by Gasteiger charge is 2.10. The molecule has 112 valence electrons. The van der Waals surface area contributed by atoms with Gasteiger partial charge >= 0.3 is 0 Å². The quantitative estimate of drug-likeness (QED) is 0.838. The van der Waals surface area contributed by atoms with E-state index in [2.05, 4.69) is 41.5 Å². The van der Waals surface area contributed by atoms with Crippen molar-refractivity contribution >= 4 is 51.1 Å². The SMILES string of the molecule is CCNc1nc(Nc2cccc(Cl)c2Br)nc(N(C)C)n1. The Labute approximate surface area is 137 Å². The van der Waals surface area contributed by atoms with Crippen LogP contribution in [-0.2, 0) is 0 Å². The summed E-state index contributed by atoms with van der Waals surface area (Å²) in [7, 11) is 3.76. The Hall–Kier alpha value is -1.60. The van der Waals surface area contributed by atoms with E-state index in [1.165, 1.54) is 0 Å². The molecule has 2 aromatic rings. The summed E-state index contributed by atoms with van der Waals surface area (Å²) in [5.41, 5.74) is 0.792. The maximum absolute atomic E-state index is 6.08. The first-order valence-corrected chi connectivity index (χ1v) is 7.56. The number of hydrogen-bond donors (Lipinski definition) is 2. The summed E-state index contributed by atoms with van der Waals surface area (Å²) in [5, 5.41) is 6.85. The average Bonchev–Trinajstić information content (AvgIpc) is 2.44. The van der Waals surface area contributed by atoms with Gasteiger partial charge < -0.3 is 15.5 Å².